The highest BCUT2D eigenvalue weighted by Crippen LogP contribution is 2.29. The van der Waals surface area contributed by atoms with E-state index in [4.69, 9.17) is 21.5 Å². The van der Waals surface area contributed by atoms with Crippen molar-refractivity contribution < 1.29 is 18.3 Å². The summed E-state index contributed by atoms with van der Waals surface area (Å²) in [7, 11) is -2.38. The van der Waals surface area contributed by atoms with E-state index in [0.717, 1.165) is 5.56 Å². The summed E-state index contributed by atoms with van der Waals surface area (Å²) in [5.74, 6) is -1.16. The van der Waals surface area contributed by atoms with Crippen molar-refractivity contribution in [2.24, 2.45) is 21.2 Å². The number of carboxylic acids is 1. The molecule has 0 aliphatic rings. The van der Waals surface area contributed by atoms with Gasteiger partial charge in [-0.05, 0) is 36.7 Å². The molecule has 11 heteroatoms. The van der Waals surface area contributed by atoms with E-state index in [9.17, 15) is 13.2 Å². The first-order valence-corrected chi connectivity index (χ1v) is 9.99. The van der Waals surface area contributed by atoms with Crippen molar-refractivity contribution in [3.63, 3.8) is 0 Å². The Balaban J connectivity index is 2.49. The van der Waals surface area contributed by atoms with Crippen LogP contribution in [0.15, 0.2) is 57.7 Å². The molecule has 2 aromatic rings. The lowest BCUT2D eigenvalue weighted by Crippen LogP contribution is -2.35. The zero-order valence-electron chi connectivity index (χ0n) is 15.9. The van der Waals surface area contributed by atoms with Gasteiger partial charge in [-0.25, -0.2) is 13.6 Å². The van der Waals surface area contributed by atoms with Gasteiger partial charge in [-0.3, -0.25) is 9.69 Å². The van der Waals surface area contributed by atoms with Crippen LogP contribution in [0.25, 0.3) is 11.1 Å². The number of benzene rings is 2. The molecular weight excluding hydrogens is 396 g/mol. The zero-order chi connectivity index (χ0) is 21.8. The Morgan fingerprint density at radius 1 is 1.24 bits per heavy atom. The third-order valence-electron chi connectivity index (χ3n) is 4.46. The molecular formula is C18H22N6O4S. The number of aliphatic carboxylic acids is 1. The Kier molecular flexibility index (Phi) is 6.80. The van der Waals surface area contributed by atoms with E-state index in [1.54, 1.807) is 49.2 Å². The molecule has 154 valence electrons. The minimum atomic E-state index is -4.10. The topological polar surface area (TPSA) is 175 Å². The number of likely N-dealkylation sites (N-methyl/N-ethyl adjacent to an activating group) is 1. The molecule has 0 amide bonds. The van der Waals surface area contributed by atoms with E-state index in [-0.39, 0.29) is 16.3 Å². The predicted octanol–water partition coefficient (Wildman–Crippen LogP) is 1.56. The molecule has 1 unspecified atom stereocenters. The SMILES string of the molecule is CC(C(=O)O)N(C)Cc1ccc(-c2cccc(S(N)(=O)=O)c2C(N)=NN=N)cc1. The second-order valence-corrected chi connectivity index (χ2v) is 7.97. The van der Waals surface area contributed by atoms with Crippen molar-refractivity contribution in [1.29, 1.82) is 5.53 Å². The summed E-state index contributed by atoms with van der Waals surface area (Å²) in [4.78, 5) is 12.6. The Hall–Kier alpha value is -3.15. The maximum atomic E-state index is 12.0. The summed E-state index contributed by atoms with van der Waals surface area (Å²) in [5.41, 5.74) is 14.8. The lowest BCUT2D eigenvalue weighted by Gasteiger charge is -2.21. The lowest BCUT2D eigenvalue weighted by molar-refractivity contribution is -0.142. The normalized spacial score (nSPS) is 13.3. The predicted molar refractivity (Wildman–Crippen MR) is 108 cm³/mol. The maximum absolute atomic E-state index is 12.0. The number of hydrogen-bond donors (Lipinski definition) is 4. The molecule has 29 heavy (non-hydrogen) atoms. The molecule has 0 aliphatic heterocycles. The molecule has 1 atom stereocenters. The van der Waals surface area contributed by atoms with Gasteiger partial charge < -0.3 is 10.8 Å². The average Bonchev–Trinajstić information content (AvgIpc) is 2.66. The standard InChI is InChI=1S/C18H22N6O4S/c1-11(18(25)26)24(2)10-12-6-8-13(9-7-12)14-4-3-5-15(29(21,27)28)16(14)17(19)22-23-20/h3-9,11H,10H2,1-2H3,(H,25,26)(H3,19,20,22)(H2,21,27,28). The van der Waals surface area contributed by atoms with Crippen molar-refractivity contribution in [3.8, 4) is 11.1 Å². The number of amidine groups is 1. The van der Waals surface area contributed by atoms with E-state index in [2.05, 4.69) is 10.3 Å². The number of carboxylic acid groups (broad SMARTS) is 1. The minimum Gasteiger partial charge on any atom is -0.480 e. The van der Waals surface area contributed by atoms with Crippen molar-refractivity contribution in [1.82, 2.24) is 4.90 Å². The van der Waals surface area contributed by atoms with E-state index in [1.165, 1.54) is 12.1 Å². The quantitative estimate of drug-likeness (QED) is 0.219. The van der Waals surface area contributed by atoms with Gasteiger partial charge in [0.05, 0.1) is 4.90 Å². The number of nitrogens with zero attached hydrogens (tertiary/aromatic N) is 3. The van der Waals surface area contributed by atoms with Crippen LogP contribution in [0.3, 0.4) is 0 Å². The second kappa shape index (κ2) is 8.90. The number of nitrogens with two attached hydrogens (primary N) is 2. The van der Waals surface area contributed by atoms with Crippen LogP contribution in [0.2, 0.25) is 0 Å². The van der Waals surface area contributed by atoms with Crippen LogP contribution in [0.5, 0.6) is 0 Å². The van der Waals surface area contributed by atoms with Crippen LogP contribution in [-0.4, -0.2) is 43.3 Å². The summed E-state index contributed by atoms with van der Waals surface area (Å²) in [6, 6.07) is 11.0. The third-order valence-corrected chi connectivity index (χ3v) is 5.42. The largest absolute Gasteiger partial charge is 0.480 e. The molecule has 0 aromatic heterocycles. The summed E-state index contributed by atoms with van der Waals surface area (Å²) in [6.07, 6.45) is 0. The van der Waals surface area contributed by atoms with Gasteiger partial charge in [0, 0.05) is 12.1 Å². The molecule has 0 aliphatic carbocycles. The summed E-state index contributed by atoms with van der Waals surface area (Å²) >= 11 is 0. The van der Waals surface area contributed by atoms with Crippen LogP contribution in [0, 0.1) is 5.53 Å². The number of nitrogens with one attached hydrogen (secondary N) is 1. The number of hydrogen-bond acceptors (Lipinski definition) is 6. The number of sulfonamides is 1. The van der Waals surface area contributed by atoms with E-state index >= 15 is 0 Å². The molecule has 0 bridgehead atoms. The average molecular weight is 418 g/mol. The van der Waals surface area contributed by atoms with Crippen LogP contribution in [0.4, 0.5) is 0 Å². The molecule has 2 aromatic carbocycles. The van der Waals surface area contributed by atoms with E-state index in [0.29, 0.717) is 17.7 Å². The van der Waals surface area contributed by atoms with Crippen molar-refractivity contribution >= 4 is 21.8 Å². The molecule has 6 N–H and O–H groups in total. The number of rotatable bonds is 8. The van der Waals surface area contributed by atoms with Gasteiger partial charge in [-0.15, -0.1) is 5.10 Å². The smallest absolute Gasteiger partial charge is 0.320 e. The monoisotopic (exact) mass is 418 g/mol. The van der Waals surface area contributed by atoms with Gasteiger partial charge in [-0.2, -0.15) is 5.53 Å². The Labute approximate surface area is 168 Å². The minimum absolute atomic E-state index is 0.0652. The first-order valence-electron chi connectivity index (χ1n) is 8.44. The Morgan fingerprint density at radius 2 is 1.86 bits per heavy atom. The van der Waals surface area contributed by atoms with Crippen molar-refractivity contribution in [2.45, 2.75) is 24.4 Å². The number of primary sulfonamides is 1. The Bertz CT molecular complexity index is 1050. The summed E-state index contributed by atoms with van der Waals surface area (Å²) in [6.45, 7) is 2.01. The van der Waals surface area contributed by atoms with Crippen molar-refractivity contribution in [2.75, 3.05) is 7.05 Å². The Morgan fingerprint density at radius 3 is 2.38 bits per heavy atom. The van der Waals surface area contributed by atoms with Crippen LogP contribution in [-0.2, 0) is 21.4 Å². The van der Waals surface area contributed by atoms with Gasteiger partial charge >= 0.3 is 5.97 Å². The zero-order valence-corrected chi connectivity index (χ0v) is 16.7. The summed E-state index contributed by atoms with van der Waals surface area (Å²) in [5, 5.41) is 20.7. The molecule has 10 nitrogen and oxygen atoms in total. The highest BCUT2D eigenvalue weighted by Gasteiger charge is 2.21. The molecule has 2 rings (SSSR count). The maximum Gasteiger partial charge on any atom is 0.320 e. The van der Waals surface area contributed by atoms with Gasteiger partial charge in [0.15, 0.2) is 5.84 Å². The fourth-order valence-corrected chi connectivity index (χ4v) is 3.55. The van der Waals surface area contributed by atoms with Gasteiger partial charge in [0.25, 0.3) is 0 Å². The molecule has 0 saturated heterocycles. The fraction of sp³-hybridized carbons (Fsp3) is 0.222. The molecule has 0 heterocycles. The number of carbonyl (C=O) groups is 1. The van der Waals surface area contributed by atoms with E-state index < -0.39 is 22.0 Å². The highest BCUT2D eigenvalue weighted by molar-refractivity contribution is 7.89. The van der Waals surface area contributed by atoms with Crippen LogP contribution >= 0.6 is 0 Å². The molecule has 0 fully saturated rings. The first-order chi connectivity index (χ1) is 13.6. The van der Waals surface area contributed by atoms with Crippen molar-refractivity contribution in [3.05, 3.63) is 53.6 Å². The fourth-order valence-electron chi connectivity index (χ4n) is 2.78. The summed E-state index contributed by atoms with van der Waals surface area (Å²) < 4.78 is 24.0. The van der Waals surface area contributed by atoms with Gasteiger partial charge in [0.1, 0.15) is 6.04 Å². The van der Waals surface area contributed by atoms with Gasteiger partial charge in [0.2, 0.25) is 10.0 Å². The highest BCUT2D eigenvalue weighted by atomic mass is 32.2. The lowest BCUT2D eigenvalue weighted by atomic mass is 9.98. The van der Waals surface area contributed by atoms with E-state index in [1.807, 2.05) is 0 Å². The second-order valence-electron chi connectivity index (χ2n) is 6.44. The molecule has 0 spiro atoms. The van der Waals surface area contributed by atoms with Crippen LogP contribution in [0.1, 0.15) is 18.1 Å². The molecule has 0 saturated carbocycles. The molecule has 0 radical (unpaired) electrons. The van der Waals surface area contributed by atoms with Crippen LogP contribution < -0.4 is 10.9 Å². The first kappa shape index (κ1) is 22.1. The third kappa shape index (κ3) is 5.22. The van der Waals surface area contributed by atoms with Gasteiger partial charge in [-0.1, -0.05) is 41.6 Å².